The molecule has 74 valence electrons. The minimum atomic E-state index is 0.823. The van der Waals surface area contributed by atoms with Crippen LogP contribution in [0, 0.1) is 0 Å². The van der Waals surface area contributed by atoms with Gasteiger partial charge in [-0.05, 0) is 12.8 Å². The molecule has 0 bridgehead atoms. The molecule has 1 heterocycles. The van der Waals surface area contributed by atoms with Gasteiger partial charge in [-0.2, -0.15) is 0 Å². The molecular formula is C10H18N2O. The van der Waals surface area contributed by atoms with Crippen LogP contribution in [0.2, 0.25) is 0 Å². The van der Waals surface area contributed by atoms with Crippen LogP contribution in [-0.2, 0) is 17.7 Å². The van der Waals surface area contributed by atoms with Crippen molar-refractivity contribution in [1.29, 1.82) is 0 Å². The van der Waals surface area contributed by atoms with Crippen LogP contribution in [-0.4, -0.2) is 23.3 Å². The lowest BCUT2D eigenvalue weighted by atomic mass is 10.3. The fourth-order valence-corrected chi connectivity index (χ4v) is 1.37. The summed E-state index contributed by atoms with van der Waals surface area (Å²) in [6, 6.07) is 0. The average Bonchev–Trinajstić information content (AvgIpc) is 2.54. The molecule has 0 saturated heterocycles. The minimum Gasteiger partial charge on any atom is -0.385 e. The van der Waals surface area contributed by atoms with Crippen molar-refractivity contribution in [1.82, 2.24) is 9.55 Å². The van der Waals surface area contributed by atoms with E-state index in [1.165, 1.54) is 5.82 Å². The molecule has 0 fully saturated rings. The molecule has 1 rings (SSSR count). The van der Waals surface area contributed by atoms with Gasteiger partial charge in [-0.3, -0.25) is 0 Å². The number of rotatable bonds is 6. The smallest absolute Gasteiger partial charge is 0.108 e. The van der Waals surface area contributed by atoms with Crippen molar-refractivity contribution < 1.29 is 4.74 Å². The van der Waals surface area contributed by atoms with Gasteiger partial charge in [0.2, 0.25) is 0 Å². The summed E-state index contributed by atoms with van der Waals surface area (Å²) in [4.78, 5) is 4.31. The van der Waals surface area contributed by atoms with Crippen molar-refractivity contribution in [3.8, 4) is 0 Å². The fourth-order valence-electron chi connectivity index (χ4n) is 1.37. The van der Waals surface area contributed by atoms with E-state index in [1.807, 2.05) is 12.4 Å². The first kappa shape index (κ1) is 10.3. The van der Waals surface area contributed by atoms with E-state index in [-0.39, 0.29) is 0 Å². The molecule has 0 aromatic carbocycles. The van der Waals surface area contributed by atoms with E-state index in [4.69, 9.17) is 4.74 Å². The largest absolute Gasteiger partial charge is 0.385 e. The molecule has 3 heteroatoms. The van der Waals surface area contributed by atoms with E-state index < -0.39 is 0 Å². The second-order valence-corrected chi connectivity index (χ2v) is 3.13. The van der Waals surface area contributed by atoms with Gasteiger partial charge in [0.25, 0.3) is 0 Å². The zero-order valence-corrected chi connectivity index (χ0v) is 8.49. The van der Waals surface area contributed by atoms with Gasteiger partial charge in [0.15, 0.2) is 0 Å². The molecule has 3 nitrogen and oxygen atoms in total. The lowest BCUT2D eigenvalue weighted by Crippen LogP contribution is -2.05. The van der Waals surface area contributed by atoms with Gasteiger partial charge >= 0.3 is 0 Å². The number of nitrogens with zero attached hydrogens (tertiary/aromatic N) is 2. The Balaban J connectivity index is 2.40. The van der Waals surface area contributed by atoms with Crippen LogP contribution in [0.1, 0.15) is 25.6 Å². The Morgan fingerprint density at radius 1 is 1.54 bits per heavy atom. The molecular weight excluding hydrogens is 164 g/mol. The third kappa shape index (κ3) is 3.19. The Morgan fingerprint density at radius 2 is 2.38 bits per heavy atom. The van der Waals surface area contributed by atoms with Gasteiger partial charge in [0.05, 0.1) is 0 Å². The zero-order valence-electron chi connectivity index (χ0n) is 8.49. The zero-order chi connectivity index (χ0) is 9.52. The molecule has 1 aromatic rings. The van der Waals surface area contributed by atoms with Crippen molar-refractivity contribution in [2.45, 2.75) is 32.7 Å². The summed E-state index contributed by atoms with van der Waals surface area (Å²) in [6.07, 6.45) is 7.20. The lowest BCUT2D eigenvalue weighted by molar-refractivity contribution is 0.190. The predicted molar refractivity (Wildman–Crippen MR) is 52.7 cm³/mol. The summed E-state index contributed by atoms with van der Waals surface area (Å²) in [6.45, 7) is 4.01. The van der Waals surface area contributed by atoms with Crippen molar-refractivity contribution in [2.75, 3.05) is 13.7 Å². The predicted octanol–water partition coefficient (Wildman–Crippen LogP) is 1.87. The topological polar surface area (TPSA) is 27.1 Å². The van der Waals surface area contributed by atoms with Crippen LogP contribution in [0.4, 0.5) is 0 Å². The highest BCUT2D eigenvalue weighted by Crippen LogP contribution is 2.02. The molecule has 0 aliphatic carbocycles. The second-order valence-electron chi connectivity index (χ2n) is 3.13. The maximum Gasteiger partial charge on any atom is 0.108 e. The fraction of sp³-hybridized carbons (Fsp3) is 0.700. The third-order valence-electron chi connectivity index (χ3n) is 2.02. The Hall–Kier alpha value is -0.830. The molecule has 1 aromatic heterocycles. The maximum atomic E-state index is 5.01. The van der Waals surface area contributed by atoms with Crippen molar-refractivity contribution in [2.24, 2.45) is 0 Å². The number of hydrogen-bond donors (Lipinski definition) is 0. The third-order valence-corrected chi connectivity index (χ3v) is 2.02. The lowest BCUT2D eigenvalue weighted by Gasteiger charge is -2.05. The first-order valence-electron chi connectivity index (χ1n) is 4.87. The molecule has 0 aliphatic heterocycles. The Morgan fingerprint density at radius 3 is 3.08 bits per heavy atom. The molecule has 0 amide bonds. The summed E-state index contributed by atoms with van der Waals surface area (Å²) in [5, 5.41) is 0. The molecule has 0 radical (unpaired) electrons. The van der Waals surface area contributed by atoms with Crippen molar-refractivity contribution in [3.63, 3.8) is 0 Å². The highest BCUT2D eigenvalue weighted by molar-refractivity contribution is 4.92. The summed E-state index contributed by atoms with van der Waals surface area (Å²) < 4.78 is 7.22. The highest BCUT2D eigenvalue weighted by Gasteiger charge is 1.99. The number of hydrogen-bond acceptors (Lipinski definition) is 2. The number of aryl methyl sites for hydroxylation is 2. The molecule has 0 saturated carbocycles. The van der Waals surface area contributed by atoms with Crippen LogP contribution in [0.5, 0.6) is 0 Å². The summed E-state index contributed by atoms with van der Waals surface area (Å²) >= 11 is 0. The average molecular weight is 182 g/mol. The van der Waals surface area contributed by atoms with Gasteiger partial charge < -0.3 is 9.30 Å². The molecule has 0 spiro atoms. The van der Waals surface area contributed by atoms with Crippen molar-refractivity contribution in [3.05, 3.63) is 18.2 Å². The number of aromatic nitrogens is 2. The van der Waals surface area contributed by atoms with E-state index in [1.54, 1.807) is 7.11 Å². The minimum absolute atomic E-state index is 0.823. The maximum absolute atomic E-state index is 5.01. The van der Waals surface area contributed by atoms with Crippen LogP contribution < -0.4 is 0 Å². The van der Waals surface area contributed by atoms with Gasteiger partial charge in [-0.1, -0.05) is 6.92 Å². The van der Waals surface area contributed by atoms with Gasteiger partial charge in [0.1, 0.15) is 5.82 Å². The number of imidazole rings is 1. The first-order chi connectivity index (χ1) is 6.38. The summed E-state index contributed by atoms with van der Waals surface area (Å²) in [5.41, 5.74) is 0. The van der Waals surface area contributed by atoms with Gasteiger partial charge in [-0.25, -0.2) is 4.98 Å². The molecule has 0 N–H and O–H groups in total. The Labute approximate surface area is 79.7 Å². The van der Waals surface area contributed by atoms with Crippen LogP contribution in [0.15, 0.2) is 12.4 Å². The van der Waals surface area contributed by atoms with Crippen LogP contribution in [0.25, 0.3) is 0 Å². The van der Waals surface area contributed by atoms with E-state index in [2.05, 4.69) is 16.5 Å². The van der Waals surface area contributed by atoms with E-state index in [0.717, 1.165) is 32.4 Å². The van der Waals surface area contributed by atoms with Crippen LogP contribution in [0.3, 0.4) is 0 Å². The Bertz CT molecular complexity index is 233. The summed E-state index contributed by atoms with van der Waals surface area (Å²) in [5.74, 6) is 1.19. The monoisotopic (exact) mass is 182 g/mol. The van der Waals surface area contributed by atoms with E-state index in [9.17, 15) is 0 Å². The SMILES string of the molecule is CCCc1nccn1CCCOC. The molecule has 0 atom stereocenters. The quantitative estimate of drug-likeness (QED) is 0.628. The molecule has 0 aliphatic rings. The first-order valence-corrected chi connectivity index (χ1v) is 4.87. The second kappa shape index (κ2) is 5.75. The number of methoxy groups -OCH3 is 1. The number of ether oxygens (including phenoxy) is 1. The highest BCUT2D eigenvalue weighted by atomic mass is 16.5. The van der Waals surface area contributed by atoms with Gasteiger partial charge in [0, 0.05) is 39.1 Å². The molecule has 0 unspecified atom stereocenters. The normalized spacial score (nSPS) is 10.6. The van der Waals surface area contributed by atoms with Gasteiger partial charge in [-0.15, -0.1) is 0 Å². The van der Waals surface area contributed by atoms with E-state index >= 15 is 0 Å². The van der Waals surface area contributed by atoms with E-state index in [0.29, 0.717) is 0 Å². The van der Waals surface area contributed by atoms with Crippen molar-refractivity contribution >= 4 is 0 Å². The Kier molecular flexibility index (Phi) is 4.54. The molecule has 13 heavy (non-hydrogen) atoms. The van der Waals surface area contributed by atoms with Crippen LogP contribution >= 0.6 is 0 Å². The standard InChI is InChI=1S/C10H18N2O/c1-3-5-10-11-6-8-12(10)7-4-9-13-2/h6,8H,3-5,7,9H2,1-2H3. The summed E-state index contributed by atoms with van der Waals surface area (Å²) in [7, 11) is 1.74.